The Morgan fingerprint density at radius 2 is 2.21 bits per heavy atom. The van der Waals surface area contributed by atoms with Crippen molar-refractivity contribution in [2.24, 2.45) is 0 Å². The molecule has 1 heterocycles. The molecule has 0 bridgehead atoms. The third-order valence-corrected chi connectivity index (χ3v) is 2.41. The minimum atomic E-state index is -1.25. The maximum Gasteiger partial charge on any atom is 0.374 e. The maximum atomic E-state index is 10.7. The van der Waals surface area contributed by atoms with Gasteiger partial charge in [-0.15, -0.1) is 0 Å². The summed E-state index contributed by atoms with van der Waals surface area (Å²) >= 11 is 0. The first-order chi connectivity index (χ1) is 9.06. The molecule has 2 N–H and O–H groups in total. The number of hydrogen-bond acceptors (Lipinski definition) is 6. The van der Waals surface area contributed by atoms with Gasteiger partial charge in [-0.2, -0.15) is 5.26 Å². The fraction of sp³-hybridized carbons (Fsp3) is 0.0833. The van der Waals surface area contributed by atoms with Gasteiger partial charge in [0.25, 0.3) is 0 Å². The molecule has 7 heteroatoms. The molecule has 0 aliphatic heterocycles. The number of phenols is 1. The molecular weight excluding hydrogens is 252 g/mol. The second kappa shape index (κ2) is 4.70. The van der Waals surface area contributed by atoms with Gasteiger partial charge in [-0.3, -0.25) is 0 Å². The van der Waals surface area contributed by atoms with Crippen LogP contribution in [0.5, 0.6) is 11.5 Å². The monoisotopic (exact) mass is 260 g/mol. The second-order valence-electron chi connectivity index (χ2n) is 3.57. The molecule has 0 spiro atoms. The van der Waals surface area contributed by atoms with Crippen LogP contribution in [0.3, 0.4) is 0 Å². The molecule has 0 atom stereocenters. The molecule has 0 unspecified atom stereocenters. The summed E-state index contributed by atoms with van der Waals surface area (Å²) in [5, 5.41) is 31.0. The summed E-state index contributed by atoms with van der Waals surface area (Å²) in [7, 11) is 1.33. The summed E-state index contributed by atoms with van der Waals surface area (Å²) < 4.78 is 9.50. The van der Waals surface area contributed by atoms with Crippen molar-refractivity contribution in [3.05, 3.63) is 29.5 Å². The van der Waals surface area contributed by atoms with Gasteiger partial charge in [-0.05, 0) is 12.1 Å². The van der Waals surface area contributed by atoms with Crippen LogP contribution in [-0.2, 0) is 0 Å². The number of carboxylic acids is 1. The van der Waals surface area contributed by atoms with E-state index < -0.39 is 5.97 Å². The number of carbonyl (C=O) groups is 1. The Hall–Kier alpha value is -3.01. The molecule has 1 aromatic heterocycles. The molecule has 96 valence electrons. The Balaban J connectivity index is 2.54. The number of nitrogens with zero attached hydrogens (tertiary/aromatic N) is 2. The fourth-order valence-electron chi connectivity index (χ4n) is 1.57. The van der Waals surface area contributed by atoms with Crippen molar-refractivity contribution < 1.29 is 24.3 Å². The third-order valence-electron chi connectivity index (χ3n) is 2.41. The van der Waals surface area contributed by atoms with Crippen LogP contribution in [0.15, 0.2) is 22.7 Å². The quantitative estimate of drug-likeness (QED) is 0.861. The molecule has 0 saturated carbocycles. The average molecular weight is 260 g/mol. The van der Waals surface area contributed by atoms with E-state index in [0.29, 0.717) is 5.56 Å². The summed E-state index contributed by atoms with van der Waals surface area (Å²) in [4.78, 5) is 10.7. The van der Waals surface area contributed by atoms with Gasteiger partial charge >= 0.3 is 5.97 Å². The number of ether oxygens (including phenoxy) is 1. The molecule has 0 radical (unpaired) electrons. The van der Waals surface area contributed by atoms with Gasteiger partial charge in [-0.25, -0.2) is 4.79 Å². The summed E-state index contributed by atoms with van der Waals surface area (Å²) in [6, 6.07) is 5.79. The van der Waals surface area contributed by atoms with Gasteiger partial charge < -0.3 is 19.5 Å². The van der Waals surface area contributed by atoms with Crippen molar-refractivity contribution >= 4 is 5.97 Å². The van der Waals surface area contributed by atoms with Crippen molar-refractivity contribution in [3.8, 4) is 28.8 Å². The van der Waals surface area contributed by atoms with Crippen molar-refractivity contribution in [2.45, 2.75) is 0 Å². The SMILES string of the molecule is COc1c(O)cc(-c2cc(C(=O)O)on2)cc1C#N. The van der Waals surface area contributed by atoms with E-state index in [1.807, 2.05) is 6.07 Å². The van der Waals surface area contributed by atoms with E-state index in [4.69, 9.17) is 15.1 Å². The molecule has 0 aliphatic rings. The largest absolute Gasteiger partial charge is 0.504 e. The van der Waals surface area contributed by atoms with Crippen LogP contribution in [0.4, 0.5) is 0 Å². The Morgan fingerprint density at radius 3 is 2.74 bits per heavy atom. The Morgan fingerprint density at radius 1 is 1.47 bits per heavy atom. The first-order valence-electron chi connectivity index (χ1n) is 5.08. The zero-order valence-corrected chi connectivity index (χ0v) is 9.75. The van der Waals surface area contributed by atoms with Crippen molar-refractivity contribution in [2.75, 3.05) is 7.11 Å². The zero-order valence-electron chi connectivity index (χ0n) is 9.75. The molecule has 7 nitrogen and oxygen atoms in total. The van der Waals surface area contributed by atoms with Crippen LogP contribution in [0.25, 0.3) is 11.3 Å². The molecule has 0 aliphatic carbocycles. The predicted molar refractivity (Wildman–Crippen MR) is 61.8 cm³/mol. The Kier molecular flexibility index (Phi) is 3.08. The standard InChI is InChI=1S/C12H8N2O5/c1-18-11-7(5-13)2-6(3-9(11)15)8-4-10(12(16)17)19-14-8/h2-4,15H,1H3,(H,16,17). The average Bonchev–Trinajstić information content (AvgIpc) is 2.87. The van der Waals surface area contributed by atoms with Gasteiger partial charge in [0.1, 0.15) is 11.8 Å². The Bertz CT molecular complexity index is 684. The smallest absolute Gasteiger partial charge is 0.374 e. The summed E-state index contributed by atoms with van der Waals surface area (Å²) in [5.41, 5.74) is 0.662. The lowest BCUT2D eigenvalue weighted by molar-refractivity contribution is 0.0652. The minimum Gasteiger partial charge on any atom is -0.504 e. The van der Waals surface area contributed by atoms with Crippen LogP contribution in [0, 0.1) is 11.3 Å². The number of methoxy groups -OCH3 is 1. The normalized spacial score (nSPS) is 9.89. The zero-order chi connectivity index (χ0) is 14.0. The van der Waals surface area contributed by atoms with Gasteiger partial charge in [0.2, 0.25) is 5.76 Å². The summed E-state index contributed by atoms with van der Waals surface area (Å²) in [5.74, 6) is -1.77. The number of benzene rings is 1. The molecule has 19 heavy (non-hydrogen) atoms. The van der Waals surface area contributed by atoms with E-state index in [0.717, 1.165) is 0 Å². The molecular formula is C12H8N2O5. The first kappa shape index (κ1) is 12.4. The highest BCUT2D eigenvalue weighted by Crippen LogP contribution is 2.34. The lowest BCUT2D eigenvalue weighted by Gasteiger charge is -2.06. The van der Waals surface area contributed by atoms with E-state index in [2.05, 4.69) is 9.68 Å². The van der Waals surface area contributed by atoms with E-state index in [1.54, 1.807) is 0 Å². The second-order valence-corrected chi connectivity index (χ2v) is 3.57. The molecule has 1 aromatic carbocycles. The molecule has 0 fully saturated rings. The molecule has 0 amide bonds. The van der Waals surface area contributed by atoms with E-state index in [-0.39, 0.29) is 28.5 Å². The van der Waals surface area contributed by atoms with Crippen molar-refractivity contribution in [3.63, 3.8) is 0 Å². The Labute approximate surface area is 107 Å². The van der Waals surface area contributed by atoms with Crippen LogP contribution in [0.2, 0.25) is 0 Å². The van der Waals surface area contributed by atoms with Crippen LogP contribution in [-0.4, -0.2) is 28.4 Å². The number of phenolic OH excluding ortho intramolecular Hbond substituents is 1. The highest BCUT2D eigenvalue weighted by Gasteiger charge is 2.16. The third kappa shape index (κ3) is 2.19. The van der Waals surface area contributed by atoms with Gasteiger partial charge in [0, 0.05) is 11.6 Å². The minimum absolute atomic E-state index is 0.0493. The number of aromatic nitrogens is 1. The van der Waals surface area contributed by atoms with Crippen molar-refractivity contribution in [1.82, 2.24) is 5.16 Å². The van der Waals surface area contributed by atoms with Gasteiger partial charge in [-0.1, -0.05) is 5.16 Å². The maximum absolute atomic E-state index is 10.7. The lowest BCUT2D eigenvalue weighted by Crippen LogP contribution is -1.92. The van der Waals surface area contributed by atoms with Gasteiger partial charge in [0.05, 0.1) is 12.7 Å². The molecule has 2 rings (SSSR count). The number of rotatable bonds is 3. The van der Waals surface area contributed by atoms with Crippen LogP contribution >= 0.6 is 0 Å². The number of hydrogen-bond donors (Lipinski definition) is 2. The highest BCUT2D eigenvalue weighted by atomic mass is 16.5. The van der Waals surface area contributed by atoms with E-state index in [1.165, 1.54) is 25.3 Å². The summed E-state index contributed by atoms with van der Waals surface area (Å²) in [6.07, 6.45) is 0. The van der Waals surface area contributed by atoms with Crippen molar-refractivity contribution in [1.29, 1.82) is 5.26 Å². The summed E-state index contributed by atoms with van der Waals surface area (Å²) in [6.45, 7) is 0. The van der Waals surface area contributed by atoms with E-state index in [9.17, 15) is 9.90 Å². The lowest BCUT2D eigenvalue weighted by atomic mass is 10.1. The molecule has 2 aromatic rings. The number of aromatic hydroxyl groups is 1. The molecule has 0 saturated heterocycles. The topological polar surface area (TPSA) is 117 Å². The predicted octanol–water partition coefficient (Wildman–Crippen LogP) is 1.63. The highest BCUT2D eigenvalue weighted by molar-refractivity contribution is 5.85. The number of nitriles is 1. The fourth-order valence-corrected chi connectivity index (χ4v) is 1.57. The van der Waals surface area contributed by atoms with E-state index >= 15 is 0 Å². The van der Waals surface area contributed by atoms with Gasteiger partial charge in [0.15, 0.2) is 11.5 Å². The number of carboxylic acid groups (broad SMARTS) is 1. The van der Waals surface area contributed by atoms with Crippen LogP contribution < -0.4 is 4.74 Å². The first-order valence-corrected chi connectivity index (χ1v) is 5.08. The number of aromatic carboxylic acids is 1. The van der Waals surface area contributed by atoms with Crippen LogP contribution in [0.1, 0.15) is 16.1 Å².